The molecule has 3 rings (SSSR count). The molecule has 114 valence electrons. The molecular weight excluding hydrogens is 298 g/mol. The Labute approximate surface area is 135 Å². The minimum absolute atomic E-state index is 0.437. The summed E-state index contributed by atoms with van der Waals surface area (Å²) in [5, 5.41) is 3.88. The summed E-state index contributed by atoms with van der Waals surface area (Å²) in [6, 6.07) is 6.22. The second kappa shape index (κ2) is 7.38. The molecule has 0 spiro atoms. The molecule has 0 aromatic carbocycles. The van der Waals surface area contributed by atoms with Gasteiger partial charge in [-0.05, 0) is 43.1 Å². The SMILES string of the molecule is Clc1ncc(OC[C@@H]2CCCN2)cc1C=Cc1ccncc1. The van der Waals surface area contributed by atoms with Gasteiger partial charge in [0.05, 0.1) is 6.20 Å². The van der Waals surface area contributed by atoms with Crippen LogP contribution in [0.15, 0.2) is 36.8 Å². The van der Waals surface area contributed by atoms with Crippen molar-refractivity contribution in [3.05, 3.63) is 53.1 Å². The normalized spacial score (nSPS) is 18.0. The van der Waals surface area contributed by atoms with Crippen LogP contribution in [0, 0.1) is 0 Å². The Morgan fingerprint density at radius 2 is 2.18 bits per heavy atom. The fourth-order valence-electron chi connectivity index (χ4n) is 2.40. The number of ether oxygens (including phenoxy) is 1. The molecule has 0 bridgehead atoms. The molecule has 0 unspecified atom stereocenters. The first kappa shape index (κ1) is 15.0. The number of pyridine rings is 2. The molecule has 5 heteroatoms. The number of aromatic nitrogens is 2. The standard InChI is InChI=1S/C17H18ClN3O/c18-17-14(4-3-13-5-8-19-9-6-13)10-16(11-21-17)22-12-15-2-1-7-20-15/h3-6,8-11,15,20H,1-2,7,12H2/t15-/m0/s1. The van der Waals surface area contributed by atoms with Gasteiger partial charge in [-0.3, -0.25) is 4.98 Å². The highest BCUT2D eigenvalue weighted by atomic mass is 35.5. The van der Waals surface area contributed by atoms with Crippen molar-refractivity contribution in [3.63, 3.8) is 0 Å². The second-order valence-electron chi connectivity index (χ2n) is 5.27. The van der Waals surface area contributed by atoms with Gasteiger partial charge < -0.3 is 10.1 Å². The van der Waals surface area contributed by atoms with Crippen LogP contribution >= 0.6 is 11.6 Å². The van der Waals surface area contributed by atoms with Gasteiger partial charge in [0.2, 0.25) is 0 Å². The highest BCUT2D eigenvalue weighted by molar-refractivity contribution is 6.31. The van der Waals surface area contributed by atoms with Gasteiger partial charge in [-0.15, -0.1) is 0 Å². The van der Waals surface area contributed by atoms with Crippen molar-refractivity contribution in [3.8, 4) is 5.75 Å². The fraction of sp³-hybridized carbons (Fsp3) is 0.294. The molecule has 0 radical (unpaired) electrons. The van der Waals surface area contributed by atoms with Crippen LogP contribution in [-0.4, -0.2) is 29.2 Å². The average Bonchev–Trinajstić information content (AvgIpc) is 3.07. The summed E-state index contributed by atoms with van der Waals surface area (Å²) in [5.74, 6) is 0.743. The third-order valence-corrected chi connectivity index (χ3v) is 3.93. The summed E-state index contributed by atoms with van der Waals surface area (Å²) in [6.07, 6.45) is 11.5. The van der Waals surface area contributed by atoms with Gasteiger partial charge in [-0.25, -0.2) is 4.98 Å². The molecule has 1 saturated heterocycles. The molecule has 2 aromatic rings. The number of hydrogen-bond acceptors (Lipinski definition) is 4. The lowest BCUT2D eigenvalue weighted by atomic mass is 10.2. The van der Waals surface area contributed by atoms with E-state index < -0.39 is 0 Å². The third-order valence-electron chi connectivity index (χ3n) is 3.62. The molecule has 22 heavy (non-hydrogen) atoms. The van der Waals surface area contributed by atoms with Crippen molar-refractivity contribution < 1.29 is 4.74 Å². The Morgan fingerprint density at radius 3 is 2.95 bits per heavy atom. The molecule has 1 aliphatic rings. The molecule has 0 aliphatic carbocycles. The number of nitrogens with one attached hydrogen (secondary N) is 1. The van der Waals surface area contributed by atoms with Crippen molar-refractivity contribution in [2.24, 2.45) is 0 Å². The Balaban J connectivity index is 1.68. The van der Waals surface area contributed by atoms with Crippen molar-refractivity contribution in [1.29, 1.82) is 0 Å². The van der Waals surface area contributed by atoms with Gasteiger partial charge in [0.15, 0.2) is 0 Å². The molecule has 3 heterocycles. The largest absolute Gasteiger partial charge is 0.490 e. The Bertz CT molecular complexity index is 640. The van der Waals surface area contributed by atoms with Gasteiger partial charge >= 0.3 is 0 Å². The summed E-state index contributed by atoms with van der Waals surface area (Å²) in [6.45, 7) is 1.74. The van der Waals surface area contributed by atoms with Crippen molar-refractivity contribution in [2.45, 2.75) is 18.9 Å². The molecule has 1 atom stereocenters. The molecule has 2 aromatic heterocycles. The van der Waals surface area contributed by atoms with Gasteiger partial charge in [0, 0.05) is 24.0 Å². The lowest BCUT2D eigenvalue weighted by Crippen LogP contribution is -2.28. The van der Waals surface area contributed by atoms with Crippen LogP contribution in [0.1, 0.15) is 24.0 Å². The Kier molecular flexibility index (Phi) is 5.03. The third kappa shape index (κ3) is 4.06. The first-order chi connectivity index (χ1) is 10.8. The number of halogens is 1. The minimum atomic E-state index is 0.437. The number of nitrogens with zero attached hydrogens (tertiary/aromatic N) is 2. The number of rotatable bonds is 5. The summed E-state index contributed by atoms with van der Waals surface area (Å²) in [4.78, 5) is 8.19. The molecule has 1 fully saturated rings. The molecule has 1 aliphatic heterocycles. The first-order valence-corrected chi connectivity index (χ1v) is 7.79. The van der Waals surface area contributed by atoms with E-state index in [1.54, 1.807) is 18.6 Å². The van der Waals surface area contributed by atoms with E-state index in [2.05, 4.69) is 15.3 Å². The van der Waals surface area contributed by atoms with Crippen molar-refractivity contribution in [2.75, 3.05) is 13.2 Å². The van der Waals surface area contributed by atoms with Crippen LogP contribution in [0.25, 0.3) is 12.2 Å². The first-order valence-electron chi connectivity index (χ1n) is 7.41. The van der Waals surface area contributed by atoms with E-state index in [0.717, 1.165) is 29.8 Å². The maximum Gasteiger partial charge on any atom is 0.138 e. The summed E-state index contributed by atoms with van der Waals surface area (Å²) in [7, 11) is 0. The summed E-state index contributed by atoms with van der Waals surface area (Å²) in [5.41, 5.74) is 1.91. The zero-order valence-corrected chi connectivity index (χ0v) is 13.0. The van der Waals surface area contributed by atoms with E-state index >= 15 is 0 Å². The van der Waals surface area contributed by atoms with Gasteiger partial charge in [-0.2, -0.15) is 0 Å². The van der Waals surface area contributed by atoms with Gasteiger partial charge in [0.25, 0.3) is 0 Å². The van der Waals surface area contributed by atoms with Crippen molar-refractivity contribution in [1.82, 2.24) is 15.3 Å². The van der Waals surface area contributed by atoms with Gasteiger partial charge in [-0.1, -0.05) is 23.8 Å². The van der Waals surface area contributed by atoms with Crippen LogP contribution in [-0.2, 0) is 0 Å². The minimum Gasteiger partial charge on any atom is -0.490 e. The van der Waals surface area contributed by atoms with Crippen molar-refractivity contribution >= 4 is 23.8 Å². The summed E-state index contributed by atoms with van der Waals surface area (Å²) >= 11 is 6.15. The van der Waals surface area contributed by atoms with E-state index in [9.17, 15) is 0 Å². The Hall–Kier alpha value is -1.91. The highest BCUT2D eigenvalue weighted by Crippen LogP contribution is 2.22. The van der Waals surface area contributed by atoms with E-state index in [1.807, 2.05) is 30.4 Å². The van der Waals surface area contributed by atoms with Crippen LogP contribution in [0.4, 0.5) is 0 Å². The monoisotopic (exact) mass is 315 g/mol. The fourth-order valence-corrected chi connectivity index (χ4v) is 2.56. The second-order valence-corrected chi connectivity index (χ2v) is 5.63. The lowest BCUT2D eigenvalue weighted by molar-refractivity contribution is 0.276. The molecular formula is C17H18ClN3O. The quantitative estimate of drug-likeness (QED) is 0.859. The zero-order valence-electron chi connectivity index (χ0n) is 12.2. The smallest absolute Gasteiger partial charge is 0.138 e. The van der Waals surface area contributed by atoms with E-state index in [-0.39, 0.29) is 0 Å². The predicted octanol–water partition coefficient (Wildman–Crippen LogP) is 3.43. The Morgan fingerprint density at radius 1 is 1.32 bits per heavy atom. The topological polar surface area (TPSA) is 47.0 Å². The number of hydrogen-bond donors (Lipinski definition) is 1. The lowest BCUT2D eigenvalue weighted by Gasteiger charge is -2.12. The van der Waals surface area contributed by atoms with Crippen LogP contribution < -0.4 is 10.1 Å². The predicted molar refractivity (Wildman–Crippen MR) is 88.9 cm³/mol. The maximum absolute atomic E-state index is 6.15. The van der Waals surface area contributed by atoms with E-state index in [0.29, 0.717) is 17.8 Å². The molecule has 0 saturated carbocycles. The van der Waals surface area contributed by atoms with E-state index in [4.69, 9.17) is 16.3 Å². The molecule has 4 nitrogen and oxygen atoms in total. The molecule has 0 amide bonds. The maximum atomic E-state index is 6.15. The van der Waals surface area contributed by atoms with Crippen LogP contribution in [0.5, 0.6) is 5.75 Å². The zero-order chi connectivity index (χ0) is 15.2. The van der Waals surface area contributed by atoms with Crippen LogP contribution in [0.2, 0.25) is 5.15 Å². The van der Waals surface area contributed by atoms with Gasteiger partial charge in [0.1, 0.15) is 17.5 Å². The molecule has 1 N–H and O–H groups in total. The average molecular weight is 316 g/mol. The summed E-state index contributed by atoms with van der Waals surface area (Å²) < 4.78 is 5.81. The van der Waals surface area contributed by atoms with E-state index in [1.165, 1.54) is 6.42 Å². The van der Waals surface area contributed by atoms with Crippen LogP contribution in [0.3, 0.4) is 0 Å². The highest BCUT2D eigenvalue weighted by Gasteiger charge is 2.14.